The van der Waals surface area contributed by atoms with Gasteiger partial charge in [-0.15, -0.1) is 6.58 Å². The lowest BCUT2D eigenvalue weighted by Crippen LogP contribution is -2.20. The van der Waals surface area contributed by atoms with Crippen molar-refractivity contribution >= 4 is 5.78 Å². The highest BCUT2D eigenvalue weighted by atomic mass is 16.5. The topological polar surface area (TPSA) is 26.3 Å². The molecule has 0 amide bonds. The van der Waals surface area contributed by atoms with Crippen LogP contribution in [0.15, 0.2) is 43.0 Å². The minimum absolute atomic E-state index is 0.00690. The van der Waals surface area contributed by atoms with E-state index in [1.807, 2.05) is 18.2 Å². The molecule has 0 N–H and O–H groups in total. The molecule has 0 saturated heterocycles. The molecule has 0 aliphatic carbocycles. The minimum Gasteiger partial charge on any atom is -0.366 e. The summed E-state index contributed by atoms with van der Waals surface area (Å²) in [6, 6.07) is 9.14. The summed E-state index contributed by atoms with van der Waals surface area (Å²) in [6.07, 6.45) is 1.23. The molecule has 0 fully saturated rings. The van der Waals surface area contributed by atoms with Crippen LogP contribution in [0.5, 0.6) is 0 Å². The fourth-order valence-electron chi connectivity index (χ4n) is 1.13. The highest BCUT2D eigenvalue weighted by Crippen LogP contribution is 2.05. The number of hydrogen-bond acceptors (Lipinski definition) is 2. The molecule has 74 valence electrons. The molecule has 0 aromatic heterocycles. The molecule has 1 aromatic rings. The van der Waals surface area contributed by atoms with E-state index >= 15 is 0 Å². The van der Waals surface area contributed by atoms with E-state index in [1.54, 1.807) is 25.1 Å². The smallest absolute Gasteiger partial charge is 0.191 e. The summed E-state index contributed by atoms with van der Waals surface area (Å²) in [6.45, 7) is 5.68. The zero-order chi connectivity index (χ0) is 10.4. The Balaban J connectivity index is 2.61. The van der Waals surface area contributed by atoms with Gasteiger partial charge < -0.3 is 4.74 Å². The lowest BCUT2D eigenvalue weighted by molar-refractivity contribution is 0.0566. The molecule has 2 nitrogen and oxygen atoms in total. The van der Waals surface area contributed by atoms with Crippen molar-refractivity contribution in [1.82, 2.24) is 0 Å². The number of hydrogen-bond donors (Lipinski definition) is 0. The summed E-state index contributed by atoms with van der Waals surface area (Å²) >= 11 is 0. The first kappa shape index (κ1) is 10.7. The lowest BCUT2D eigenvalue weighted by Gasteiger charge is -2.09. The van der Waals surface area contributed by atoms with E-state index < -0.39 is 6.10 Å². The van der Waals surface area contributed by atoms with Crippen molar-refractivity contribution in [2.75, 3.05) is 6.61 Å². The van der Waals surface area contributed by atoms with Crippen LogP contribution in [-0.4, -0.2) is 18.5 Å². The second-order valence-corrected chi connectivity index (χ2v) is 2.99. The van der Waals surface area contributed by atoms with Gasteiger partial charge in [0.05, 0.1) is 6.61 Å². The quantitative estimate of drug-likeness (QED) is 0.526. The number of Topliss-reactive ketones (excluding diaryl/α,β-unsaturated/α-hetero) is 1. The van der Waals surface area contributed by atoms with Crippen LogP contribution in [0.4, 0.5) is 0 Å². The molecule has 0 unspecified atom stereocenters. The summed E-state index contributed by atoms with van der Waals surface area (Å²) in [5, 5.41) is 0. The second-order valence-electron chi connectivity index (χ2n) is 2.99. The van der Waals surface area contributed by atoms with Crippen LogP contribution in [0, 0.1) is 0 Å². The van der Waals surface area contributed by atoms with Gasteiger partial charge in [0.2, 0.25) is 0 Å². The van der Waals surface area contributed by atoms with Gasteiger partial charge in [-0.25, -0.2) is 0 Å². The van der Waals surface area contributed by atoms with E-state index in [4.69, 9.17) is 4.74 Å². The third-order valence-electron chi connectivity index (χ3n) is 1.89. The second kappa shape index (κ2) is 5.35. The zero-order valence-electron chi connectivity index (χ0n) is 8.27. The number of benzene rings is 1. The zero-order valence-corrected chi connectivity index (χ0v) is 8.27. The number of ketones is 1. The Hall–Kier alpha value is -1.41. The fourth-order valence-corrected chi connectivity index (χ4v) is 1.13. The van der Waals surface area contributed by atoms with Crippen molar-refractivity contribution in [1.29, 1.82) is 0 Å². The van der Waals surface area contributed by atoms with Crippen molar-refractivity contribution in [2.24, 2.45) is 0 Å². The maximum Gasteiger partial charge on any atom is 0.191 e. The maximum absolute atomic E-state index is 11.7. The van der Waals surface area contributed by atoms with Gasteiger partial charge in [0.25, 0.3) is 0 Å². The van der Waals surface area contributed by atoms with Crippen molar-refractivity contribution in [2.45, 2.75) is 13.0 Å². The van der Waals surface area contributed by atoms with E-state index in [1.165, 1.54) is 0 Å². The molecule has 1 atom stereocenters. The standard InChI is InChI=1S/C12H14O2/c1-3-9-14-10(2)12(13)11-7-5-4-6-8-11/h3-8,10H,1,9H2,2H3/t10-/m1/s1. The molecule has 0 heterocycles. The fraction of sp³-hybridized carbons (Fsp3) is 0.250. The Kier molecular flexibility index (Phi) is 4.08. The summed E-state index contributed by atoms with van der Waals surface area (Å²) in [7, 11) is 0. The van der Waals surface area contributed by atoms with Crippen molar-refractivity contribution in [3.05, 3.63) is 48.6 Å². The normalized spacial score (nSPS) is 12.1. The van der Waals surface area contributed by atoms with Crippen LogP contribution in [0.25, 0.3) is 0 Å². The van der Waals surface area contributed by atoms with E-state index in [0.717, 1.165) is 0 Å². The first-order chi connectivity index (χ1) is 6.75. The van der Waals surface area contributed by atoms with Crippen LogP contribution >= 0.6 is 0 Å². The van der Waals surface area contributed by atoms with Crippen LogP contribution in [-0.2, 0) is 4.74 Å². The Labute approximate surface area is 84.2 Å². The molecule has 2 heteroatoms. The molecule has 0 radical (unpaired) electrons. The Morgan fingerprint density at radius 2 is 2.14 bits per heavy atom. The van der Waals surface area contributed by atoms with Crippen molar-refractivity contribution in [3.63, 3.8) is 0 Å². The van der Waals surface area contributed by atoms with E-state index in [0.29, 0.717) is 12.2 Å². The third-order valence-corrected chi connectivity index (χ3v) is 1.89. The van der Waals surface area contributed by atoms with Gasteiger partial charge in [0.1, 0.15) is 6.10 Å². The van der Waals surface area contributed by atoms with Crippen molar-refractivity contribution in [3.8, 4) is 0 Å². The highest BCUT2D eigenvalue weighted by Gasteiger charge is 2.14. The largest absolute Gasteiger partial charge is 0.366 e. The predicted molar refractivity (Wildman–Crippen MR) is 56.4 cm³/mol. The van der Waals surface area contributed by atoms with E-state index in [2.05, 4.69) is 6.58 Å². The molecule has 0 saturated carbocycles. The first-order valence-electron chi connectivity index (χ1n) is 4.57. The Morgan fingerprint density at radius 3 is 2.71 bits per heavy atom. The SMILES string of the molecule is C=CCO[C@H](C)C(=O)c1ccccc1. The van der Waals surface area contributed by atoms with Gasteiger partial charge in [-0.3, -0.25) is 4.79 Å². The van der Waals surface area contributed by atoms with E-state index in [9.17, 15) is 4.79 Å². The van der Waals surface area contributed by atoms with Gasteiger partial charge in [-0.2, -0.15) is 0 Å². The number of rotatable bonds is 5. The first-order valence-corrected chi connectivity index (χ1v) is 4.57. The van der Waals surface area contributed by atoms with Crippen LogP contribution < -0.4 is 0 Å². The van der Waals surface area contributed by atoms with Crippen LogP contribution in [0.1, 0.15) is 17.3 Å². The Bertz CT molecular complexity index is 303. The number of ether oxygens (including phenoxy) is 1. The van der Waals surface area contributed by atoms with Crippen molar-refractivity contribution < 1.29 is 9.53 Å². The molecule has 0 aliphatic rings. The van der Waals surface area contributed by atoms with Crippen LogP contribution in [0.3, 0.4) is 0 Å². The molecular formula is C12H14O2. The Morgan fingerprint density at radius 1 is 1.50 bits per heavy atom. The average Bonchev–Trinajstić information content (AvgIpc) is 2.26. The summed E-state index contributed by atoms with van der Waals surface area (Å²) in [5.41, 5.74) is 0.684. The molecule has 1 aromatic carbocycles. The predicted octanol–water partition coefficient (Wildman–Crippen LogP) is 2.46. The van der Waals surface area contributed by atoms with Gasteiger partial charge in [0.15, 0.2) is 5.78 Å². The highest BCUT2D eigenvalue weighted by molar-refractivity contribution is 5.99. The molecule has 14 heavy (non-hydrogen) atoms. The number of carbonyl (C=O) groups excluding carboxylic acids is 1. The van der Waals surface area contributed by atoms with Gasteiger partial charge in [-0.1, -0.05) is 36.4 Å². The average molecular weight is 190 g/mol. The third kappa shape index (κ3) is 2.82. The number of carbonyl (C=O) groups is 1. The van der Waals surface area contributed by atoms with Gasteiger partial charge in [0, 0.05) is 5.56 Å². The summed E-state index contributed by atoms with van der Waals surface area (Å²) < 4.78 is 5.24. The lowest BCUT2D eigenvalue weighted by atomic mass is 10.1. The minimum atomic E-state index is -0.407. The molecular weight excluding hydrogens is 176 g/mol. The molecule has 0 bridgehead atoms. The maximum atomic E-state index is 11.7. The summed E-state index contributed by atoms with van der Waals surface area (Å²) in [5.74, 6) is 0.00690. The van der Waals surface area contributed by atoms with E-state index in [-0.39, 0.29) is 5.78 Å². The molecule has 0 spiro atoms. The molecule has 0 aliphatic heterocycles. The van der Waals surface area contributed by atoms with Gasteiger partial charge >= 0.3 is 0 Å². The monoisotopic (exact) mass is 190 g/mol. The molecule has 1 rings (SSSR count). The van der Waals surface area contributed by atoms with Crippen LogP contribution in [0.2, 0.25) is 0 Å². The summed E-state index contributed by atoms with van der Waals surface area (Å²) in [4.78, 5) is 11.7. The van der Waals surface area contributed by atoms with Gasteiger partial charge in [-0.05, 0) is 6.92 Å².